The van der Waals surface area contributed by atoms with Gasteiger partial charge in [0.1, 0.15) is 11.3 Å². The number of aryl methyl sites for hydroxylation is 1. The van der Waals surface area contributed by atoms with Crippen molar-refractivity contribution in [2.45, 2.75) is 45.2 Å². The monoisotopic (exact) mass is 256 g/mol. The summed E-state index contributed by atoms with van der Waals surface area (Å²) in [6, 6.07) is 2.99. The van der Waals surface area contributed by atoms with Gasteiger partial charge in [-0.25, -0.2) is 9.97 Å². The fourth-order valence-corrected chi connectivity index (χ4v) is 3.29. The van der Waals surface area contributed by atoms with Crippen LogP contribution in [0.1, 0.15) is 30.7 Å². The minimum absolute atomic E-state index is 0.839. The molecule has 19 heavy (non-hydrogen) atoms. The summed E-state index contributed by atoms with van der Waals surface area (Å²) < 4.78 is 2.33. The van der Waals surface area contributed by atoms with Gasteiger partial charge >= 0.3 is 0 Å². The smallest absolute Gasteiger partial charge is 0.160 e. The highest BCUT2D eigenvalue weighted by Crippen LogP contribution is 2.27. The maximum Gasteiger partial charge on any atom is 0.160 e. The lowest BCUT2D eigenvalue weighted by atomic mass is 9.91. The van der Waals surface area contributed by atoms with Crippen molar-refractivity contribution in [2.24, 2.45) is 0 Å². The second-order valence-corrected chi connectivity index (χ2v) is 5.91. The number of rotatable bonds is 1. The molecular weight excluding hydrogens is 236 g/mol. The van der Waals surface area contributed by atoms with E-state index in [0.29, 0.717) is 0 Å². The van der Waals surface area contributed by atoms with E-state index in [1.807, 2.05) is 6.20 Å². The van der Waals surface area contributed by atoms with Crippen molar-refractivity contribution in [3.63, 3.8) is 0 Å². The lowest BCUT2D eigenvalue weighted by Crippen LogP contribution is -2.41. The number of aromatic nitrogens is 3. The molecule has 0 amide bonds. The Bertz CT molecular complexity index is 612. The van der Waals surface area contributed by atoms with E-state index in [-0.39, 0.29) is 0 Å². The third-order valence-electron chi connectivity index (χ3n) is 4.63. The molecule has 3 heterocycles. The summed E-state index contributed by atoms with van der Waals surface area (Å²) in [5.74, 6) is 1.22. The van der Waals surface area contributed by atoms with Crippen molar-refractivity contribution >= 4 is 11.2 Å². The number of hydrogen-bond donors (Lipinski definition) is 0. The molecule has 2 aromatic rings. The van der Waals surface area contributed by atoms with Gasteiger partial charge in [-0.1, -0.05) is 6.42 Å². The van der Waals surface area contributed by atoms with E-state index in [0.717, 1.165) is 43.3 Å². The highest BCUT2D eigenvalue weighted by molar-refractivity contribution is 5.72. The highest BCUT2D eigenvalue weighted by atomic mass is 15.2. The zero-order valence-electron chi connectivity index (χ0n) is 11.5. The Balaban J connectivity index is 1.66. The summed E-state index contributed by atoms with van der Waals surface area (Å²) in [7, 11) is 0. The van der Waals surface area contributed by atoms with E-state index >= 15 is 0 Å². The first-order chi connectivity index (χ1) is 9.31. The van der Waals surface area contributed by atoms with Gasteiger partial charge in [-0.3, -0.25) is 4.90 Å². The van der Waals surface area contributed by atoms with Gasteiger partial charge in [0.05, 0.1) is 0 Å². The average Bonchev–Trinajstić information content (AvgIpc) is 2.54. The normalized spacial score (nSPS) is 21.1. The number of nitrogens with zero attached hydrogens (tertiary/aromatic N) is 4. The maximum absolute atomic E-state index is 4.79. The van der Waals surface area contributed by atoms with Crippen LogP contribution in [0, 0.1) is 6.92 Å². The molecule has 0 bridgehead atoms. The van der Waals surface area contributed by atoms with Gasteiger partial charge in [0.25, 0.3) is 0 Å². The Hall–Kier alpha value is -1.42. The molecule has 0 saturated heterocycles. The molecule has 0 unspecified atom stereocenters. The average molecular weight is 256 g/mol. The molecule has 0 spiro atoms. The minimum Gasteiger partial charge on any atom is -0.311 e. The summed E-state index contributed by atoms with van der Waals surface area (Å²) in [6.07, 6.45) is 7.20. The van der Waals surface area contributed by atoms with Crippen molar-refractivity contribution in [3.8, 4) is 0 Å². The first kappa shape index (κ1) is 11.4. The molecule has 2 aromatic heterocycles. The number of pyridine rings is 1. The van der Waals surface area contributed by atoms with Gasteiger partial charge in [0.15, 0.2) is 5.65 Å². The van der Waals surface area contributed by atoms with Crippen LogP contribution >= 0.6 is 0 Å². The SMILES string of the molecule is Cc1cnc2c(c1)nc1n2CCN(C2CCC2)CC1. The van der Waals surface area contributed by atoms with E-state index in [2.05, 4.69) is 27.4 Å². The van der Waals surface area contributed by atoms with Gasteiger partial charge in [-0.2, -0.15) is 0 Å². The summed E-state index contributed by atoms with van der Waals surface area (Å²) in [5, 5.41) is 0. The summed E-state index contributed by atoms with van der Waals surface area (Å²) in [6.45, 7) is 5.43. The second kappa shape index (κ2) is 4.30. The zero-order chi connectivity index (χ0) is 12.8. The van der Waals surface area contributed by atoms with Crippen LogP contribution in [0.2, 0.25) is 0 Å². The first-order valence-corrected chi connectivity index (χ1v) is 7.37. The van der Waals surface area contributed by atoms with Crippen molar-refractivity contribution in [3.05, 3.63) is 23.7 Å². The van der Waals surface area contributed by atoms with Crippen molar-refractivity contribution in [1.82, 2.24) is 19.4 Å². The van der Waals surface area contributed by atoms with Gasteiger partial charge in [-0.15, -0.1) is 0 Å². The molecular formula is C15H20N4. The van der Waals surface area contributed by atoms with Crippen molar-refractivity contribution in [2.75, 3.05) is 13.1 Å². The molecule has 100 valence electrons. The van der Waals surface area contributed by atoms with Crippen molar-refractivity contribution in [1.29, 1.82) is 0 Å². The van der Waals surface area contributed by atoms with Crippen LogP contribution in [0.4, 0.5) is 0 Å². The van der Waals surface area contributed by atoms with Crippen LogP contribution in [-0.2, 0) is 13.0 Å². The van der Waals surface area contributed by atoms with E-state index < -0.39 is 0 Å². The van der Waals surface area contributed by atoms with Crippen LogP contribution in [0.25, 0.3) is 11.2 Å². The van der Waals surface area contributed by atoms with Crippen LogP contribution in [-0.4, -0.2) is 38.6 Å². The van der Waals surface area contributed by atoms with Gasteiger partial charge in [-0.05, 0) is 31.4 Å². The van der Waals surface area contributed by atoms with Crippen molar-refractivity contribution < 1.29 is 0 Å². The summed E-state index contributed by atoms with van der Waals surface area (Å²) in [4.78, 5) is 12.0. The molecule has 0 atom stereocenters. The lowest BCUT2D eigenvalue weighted by molar-refractivity contribution is 0.130. The zero-order valence-corrected chi connectivity index (χ0v) is 11.5. The Kier molecular flexibility index (Phi) is 2.58. The van der Waals surface area contributed by atoms with Gasteiger partial charge in [0, 0.05) is 38.3 Å². The third-order valence-corrected chi connectivity index (χ3v) is 4.63. The molecule has 1 saturated carbocycles. The van der Waals surface area contributed by atoms with Crippen LogP contribution in [0.5, 0.6) is 0 Å². The third kappa shape index (κ3) is 1.86. The molecule has 4 nitrogen and oxygen atoms in total. The lowest BCUT2D eigenvalue weighted by Gasteiger charge is -2.36. The highest BCUT2D eigenvalue weighted by Gasteiger charge is 2.27. The Morgan fingerprint density at radius 1 is 1.21 bits per heavy atom. The number of imidazole rings is 1. The molecule has 1 aliphatic heterocycles. The largest absolute Gasteiger partial charge is 0.311 e. The van der Waals surface area contributed by atoms with E-state index in [1.165, 1.54) is 30.7 Å². The van der Waals surface area contributed by atoms with E-state index in [4.69, 9.17) is 4.98 Å². The second-order valence-electron chi connectivity index (χ2n) is 5.91. The fourth-order valence-electron chi connectivity index (χ4n) is 3.29. The predicted molar refractivity (Wildman–Crippen MR) is 75.2 cm³/mol. The molecule has 1 aliphatic carbocycles. The molecule has 4 heteroatoms. The van der Waals surface area contributed by atoms with Crippen LogP contribution < -0.4 is 0 Å². The Labute approximate surface area is 113 Å². The number of hydrogen-bond acceptors (Lipinski definition) is 3. The molecule has 0 aromatic carbocycles. The van der Waals surface area contributed by atoms with Gasteiger partial charge < -0.3 is 4.57 Å². The quantitative estimate of drug-likeness (QED) is 0.784. The molecule has 4 rings (SSSR count). The maximum atomic E-state index is 4.79. The first-order valence-electron chi connectivity index (χ1n) is 7.37. The van der Waals surface area contributed by atoms with Gasteiger partial charge in [0.2, 0.25) is 0 Å². The Morgan fingerprint density at radius 2 is 2.11 bits per heavy atom. The van der Waals surface area contributed by atoms with Crippen LogP contribution in [0.15, 0.2) is 12.3 Å². The summed E-state index contributed by atoms with van der Waals surface area (Å²) >= 11 is 0. The predicted octanol–water partition coefficient (Wildman–Crippen LogP) is 2.15. The fraction of sp³-hybridized carbons (Fsp3) is 0.600. The topological polar surface area (TPSA) is 34.0 Å². The molecule has 1 fully saturated rings. The molecule has 0 N–H and O–H groups in total. The standard InChI is InChI=1S/C15H20N4/c1-11-9-13-15(16-10-11)19-8-7-18(12-3-2-4-12)6-5-14(19)17-13/h9-10,12H,2-8H2,1H3. The summed E-state index contributed by atoms with van der Waals surface area (Å²) in [5.41, 5.74) is 3.32. The minimum atomic E-state index is 0.839. The van der Waals surface area contributed by atoms with E-state index in [1.54, 1.807) is 0 Å². The molecule has 2 aliphatic rings. The Morgan fingerprint density at radius 3 is 2.89 bits per heavy atom. The molecule has 0 radical (unpaired) electrons. The van der Waals surface area contributed by atoms with Crippen LogP contribution in [0.3, 0.4) is 0 Å². The van der Waals surface area contributed by atoms with E-state index in [9.17, 15) is 0 Å². The number of fused-ring (bicyclic) bond motifs is 3.